The number of carbonyl (C=O) groups is 2. The van der Waals surface area contributed by atoms with Crippen molar-refractivity contribution in [3.05, 3.63) is 0 Å². The summed E-state index contributed by atoms with van der Waals surface area (Å²) < 4.78 is 24.6. The van der Waals surface area contributed by atoms with Crippen LogP contribution in [-0.2, 0) is 34.9 Å². The first kappa shape index (κ1) is 16.7. The van der Waals surface area contributed by atoms with Crippen molar-refractivity contribution in [1.82, 2.24) is 6.15 Å². The maximum absolute atomic E-state index is 9.10. The summed E-state index contributed by atoms with van der Waals surface area (Å²) in [4.78, 5) is 18.2. The number of aliphatic carboxylic acids is 2. The monoisotopic (exact) mass is 249 g/mol. The molecule has 0 aromatic rings. The van der Waals surface area contributed by atoms with Crippen molar-refractivity contribution in [3.63, 3.8) is 0 Å². The van der Waals surface area contributed by atoms with Gasteiger partial charge in [0.2, 0.25) is 0 Å². The van der Waals surface area contributed by atoms with E-state index in [9.17, 15) is 0 Å². The Morgan fingerprint density at radius 3 is 1.09 bits per heavy atom. The first-order valence-corrected chi connectivity index (χ1v) is 4.45. The van der Waals surface area contributed by atoms with E-state index in [1.165, 1.54) is 0 Å². The van der Waals surface area contributed by atoms with Gasteiger partial charge in [0.05, 0.1) is 0 Å². The molecule has 0 atom stereocenters. The van der Waals surface area contributed by atoms with Crippen LogP contribution in [0.25, 0.3) is 0 Å². The summed E-state index contributed by atoms with van der Waals surface area (Å²) in [5.41, 5.74) is 0. The molecule has 8 nitrogen and oxygen atoms in total. The first-order valence-electron chi connectivity index (χ1n) is 1.67. The molecule has 0 saturated heterocycles. The van der Waals surface area contributed by atoms with Crippen molar-refractivity contribution in [1.29, 1.82) is 0 Å². The van der Waals surface area contributed by atoms with Crippen molar-refractivity contribution in [3.8, 4) is 0 Å². The van der Waals surface area contributed by atoms with Gasteiger partial charge in [-0.2, -0.15) is 0 Å². The molecule has 0 unspecified atom stereocenters. The van der Waals surface area contributed by atoms with E-state index in [0.717, 1.165) is 0 Å². The maximum atomic E-state index is 9.10. The Morgan fingerprint density at radius 2 is 1.09 bits per heavy atom. The van der Waals surface area contributed by atoms with Gasteiger partial charge in [0.1, 0.15) is 0 Å². The second-order valence-corrected chi connectivity index (χ2v) is 2.02. The van der Waals surface area contributed by atoms with Crippen LogP contribution in [0.2, 0.25) is 0 Å². The van der Waals surface area contributed by atoms with Gasteiger partial charge in [-0.25, -0.2) is 9.59 Å². The SMILES string of the molecule is N.O=C(O)C(=O)O.[O]=[Nb](=[O])[OH]. The van der Waals surface area contributed by atoms with E-state index in [2.05, 4.69) is 0 Å². The summed E-state index contributed by atoms with van der Waals surface area (Å²) in [6.07, 6.45) is 0. The van der Waals surface area contributed by atoms with E-state index < -0.39 is 30.7 Å². The van der Waals surface area contributed by atoms with E-state index >= 15 is 0 Å². The van der Waals surface area contributed by atoms with Crippen LogP contribution in [0.15, 0.2) is 0 Å². The molecule has 66 valence electrons. The zero-order valence-corrected chi connectivity index (χ0v) is 7.33. The van der Waals surface area contributed by atoms with Gasteiger partial charge in [-0.15, -0.1) is 0 Å². The third-order valence-corrected chi connectivity index (χ3v) is 0.183. The fraction of sp³-hybridized carbons (Fsp3) is 0. The molecule has 0 amide bonds. The third-order valence-electron chi connectivity index (χ3n) is 0.183. The molecule has 0 heterocycles. The van der Waals surface area contributed by atoms with Gasteiger partial charge in [0, 0.05) is 0 Å². The van der Waals surface area contributed by atoms with Gasteiger partial charge in [0.15, 0.2) is 0 Å². The summed E-state index contributed by atoms with van der Waals surface area (Å²) in [6, 6.07) is 0. The second-order valence-electron chi connectivity index (χ2n) is 0.848. The number of carboxylic acid groups (broad SMARTS) is 2. The van der Waals surface area contributed by atoms with Crippen LogP contribution >= 0.6 is 0 Å². The predicted octanol–water partition coefficient (Wildman–Crippen LogP) is -1.48. The normalized spacial score (nSPS) is 6.27. The molecule has 0 fully saturated rings. The molecule has 0 bridgehead atoms. The second kappa shape index (κ2) is 9.20. The van der Waals surface area contributed by atoms with Crippen LogP contribution in [-0.4, -0.2) is 25.8 Å². The van der Waals surface area contributed by atoms with Crippen LogP contribution in [0.3, 0.4) is 0 Å². The zero-order valence-electron chi connectivity index (χ0n) is 5.13. The molecule has 0 rings (SSSR count). The summed E-state index contributed by atoms with van der Waals surface area (Å²) in [5, 5.41) is 14.8. The molecule has 0 aliphatic carbocycles. The minimum atomic E-state index is -3.95. The molecule has 6 N–H and O–H groups in total. The molecule has 9 heteroatoms. The van der Waals surface area contributed by atoms with Crippen molar-refractivity contribution >= 4 is 11.9 Å². The van der Waals surface area contributed by atoms with Crippen LogP contribution in [0.4, 0.5) is 0 Å². The van der Waals surface area contributed by atoms with E-state index in [1.807, 2.05) is 0 Å². The third kappa shape index (κ3) is 46.6. The number of hydrogen-bond donors (Lipinski definition) is 4. The van der Waals surface area contributed by atoms with Crippen LogP contribution in [0, 0.1) is 0 Å². The summed E-state index contributed by atoms with van der Waals surface area (Å²) in [5.74, 6) is -3.65. The van der Waals surface area contributed by atoms with Crippen LogP contribution in [0.5, 0.6) is 0 Å². The topological polar surface area (TPSA) is 164 Å². The van der Waals surface area contributed by atoms with Gasteiger partial charge < -0.3 is 16.4 Å². The van der Waals surface area contributed by atoms with Gasteiger partial charge in [-0.3, -0.25) is 0 Å². The van der Waals surface area contributed by atoms with E-state index in [-0.39, 0.29) is 6.15 Å². The van der Waals surface area contributed by atoms with E-state index in [0.29, 0.717) is 0 Å². The first-order chi connectivity index (χ1) is 4.37. The molecular formula is C2H6NNbO7. The summed E-state index contributed by atoms with van der Waals surface area (Å²) >= 11 is -3.95. The number of hydrogen-bond acceptors (Lipinski definition) is 5. The molecule has 11 heavy (non-hydrogen) atoms. The standard InChI is InChI=1S/C2H2O4.H3N.Nb.H2O.2O/c3-1(4)2(5)6;;;;;/h(H,3,4)(H,5,6);1H3;;1H2;;/q;;+1;;;/p-1. The average Bonchev–Trinajstić information content (AvgIpc) is 1.63. The van der Waals surface area contributed by atoms with Crippen molar-refractivity contribution < 1.29 is 48.7 Å². The molecule has 0 aromatic heterocycles. The van der Waals surface area contributed by atoms with Crippen molar-refractivity contribution in [2.45, 2.75) is 0 Å². The Balaban J connectivity index is -0.000000114. The molecule has 0 aliphatic rings. The fourth-order valence-corrected chi connectivity index (χ4v) is 0. The average molecular weight is 249 g/mol. The van der Waals surface area contributed by atoms with E-state index in [1.54, 1.807) is 0 Å². The Bertz CT molecular complexity index is 175. The van der Waals surface area contributed by atoms with Crippen LogP contribution in [0.1, 0.15) is 0 Å². The van der Waals surface area contributed by atoms with Crippen molar-refractivity contribution in [2.24, 2.45) is 0 Å². The van der Waals surface area contributed by atoms with Gasteiger partial charge in [0.25, 0.3) is 0 Å². The molecule has 0 saturated carbocycles. The quantitative estimate of drug-likeness (QED) is 0.298. The van der Waals surface area contributed by atoms with Gasteiger partial charge >= 0.3 is 40.8 Å². The Morgan fingerprint density at radius 1 is 1.00 bits per heavy atom. The summed E-state index contributed by atoms with van der Waals surface area (Å²) in [7, 11) is 0. The van der Waals surface area contributed by atoms with Crippen LogP contribution < -0.4 is 6.15 Å². The Hall–Kier alpha value is -0.800. The molecule has 0 aromatic carbocycles. The Labute approximate surface area is 67.3 Å². The molecule has 0 spiro atoms. The number of carboxylic acids is 2. The molecule has 0 radical (unpaired) electrons. The minimum absolute atomic E-state index is 0. The molecular weight excluding hydrogens is 243 g/mol. The predicted molar refractivity (Wildman–Crippen MR) is 23.9 cm³/mol. The van der Waals surface area contributed by atoms with Crippen molar-refractivity contribution in [2.75, 3.05) is 0 Å². The fourth-order valence-electron chi connectivity index (χ4n) is 0. The zero-order chi connectivity index (χ0) is 8.73. The van der Waals surface area contributed by atoms with Gasteiger partial charge in [-0.1, -0.05) is 0 Å². The van der Waals surface area contributed by atoms with Gasteiger partial charge in [-0.05, 0) is 0 Å². The summed E-state index contributed by atoms with van der Waals surface area (Å²) in [6.45, 7) is 0. The Kier molecular flexibility index (Phi) is 13.9. The molecule has 0 aliphatic heterocycles. The van der Waals surface area contributed by atoms with E-state index in [4.69, 9.17) is 29.9 Å². The number of rotatable bonds is 0.